The highest BCUT2D eigenvalue weighted by Crippen LogP contribution is 2.25. The zero-order valence-corrected chi connectivity index (χ0v) is 11.5. The summed E-state index contributed by atoms with van der Waals surface area (Å²) in [4.78, 5) is 19.9. The van der Waals surface area contributed by atoms with Gasteiger partial charge in [-0.2, -0.15) is 0 Å². The van der Waals surface area contributed by atoms with Crippen LogP contribution in [0.1, 0.15) is 16.3 Å². The van der Waals surface area contributed by atoms with Gasteiger partial charge in [-0.05, 0) is 19.4 Å². The van der Waals surface area contributed by atoms with Crippen LogP contribution in [0.15, 0.2) is 4.79 Å². The van der Waals surface area contributed by atoms with Crippen molar-refractivity contribution in [1.29, 1.82) is 0 Å². The van der Waals surface area contributed by atoms with E-state index < -0.39 is 14.8 Å². The average Bonchev–Trinajstić information content (AvgIpc) is 2.39. The Bertz CT molecular complexity index is 745. The van der Waals surface area contributed by atoms with Gasteiger partial charge in [0.2, 0.25) is 9.05 Å². The molecule has 0 spiro atoms. The molecule has 0 atom stereocenters. The Morgan fingerprint density at radius 2 is 2.06 bits per heavy atom. The Kier molecular flexibility index (Phi) is 3.01. The highest BCUT2D eigenvalue weighted by Gasteiger charge is 2.15. The number of aromatic nitrogens is 2. The average molecular weight is 293 g/mol. The number of hydrogen-bond donors (Lipinski definition) is 1. The fourth-order valence-corrected chi connectivity index (χ4v) is 3.35. The van der Waals surface area contributed by atoms with Crippen molar-refractivity contribution in [3.05, 3.63) is 26.6 Å². The standard InChI is InChI=1S/C9H9ClN2O3S2/c1-4-5(2)16-9-7(4)8(13)11-6(12-9)3-17(10,14)15/h3H2,1-2H3,(H,11,12,13). The second-order valence-electron chi connectivity index (χ2n) is 3.66. The second-order valence-corrected chi connectivity index (χ2v) is 7.64. The molecule has 0 aromatic carbocycles. The number of thiophene rings is 1. The summed E-state index contributed by atoms with van der Waals surface area (Å²) in [6, 6.07) is 0. The van der Waals surface area contributed by atoms with Crippen LogP contribution in [0.5, 0.6) is 0 Å². The Labute approximate surface area is 106 Å². The van der Waals surface area contributed by atoms with Crippen LogP contribution >= 0.6 is 22.0 Å². The summed E-state index contributed by atoms with van der Waals surface area (Å²) < 4.78 is 21.9. The number of aryl methyl sites for hydroxylation is 2. The summed E-state index contributed by atoms with van der Waals surface area (Å²) in [6.07, 6.45) is 0. The molecule has 17 heavy (non-hydrogen) atoms. The molecule has 2 aromatic rings. The van der Waals surface area contributed by atoms with Crippen LogP contribution in [-0.2, 0) is 14.8 Å². The number of hydrogen-bond acceptors (Lipinski definition) is 5. The zero-order valence-electron chi connectivity index (χ0n) is 9.07. The quantitative estimate of drug-likeness (QED) is 0.854. The van der Waals surface area contributed by atoms with E-state index in [1.807, 2.05) is 13.8 Å². The van der Waals surface area contributed by atoms with E-state index in [4.69, 9.17) is 10.7 Å². The highest BCUT2D eigenvalue weighted by molar-refractivity contribution is 8.13. The van der Waals surface area contributed by atoms with Crippen molar-refractivity contribution in [2.75, 3.05) is 0 Å². The monoisotopic (exact) mass is 292 g/mol. The van der Waals surface area contributed by atoms with E-state index in [9.17, 15) is 13.2 Å². The van der Waals surface area contributed by atoms with Gasteiger partial charge in [-0.25, -0.2) is 13.4 Å². The normalized spacial score (nSPS) is 12.2. The third-order valence-electron chi connectivity index (χ3n) is 2.40. The summed E-state index contributed by atoms with van der Waals surface area (Å²) in [5, 5.41) is 0.517. The van der Waals surface area contributed by atoms with Crippen molar-refractivity contribution in [1.82, 2.24) is 9.97 Å². The van der Waals surface area contributed by atoms with Gasteiger partial charge in [0.15, 0.2) is 0 Å². The molecule has 0 bridgehead atoms. The molecule has 0 aliphatic rings. The first-order chi connectivity index (χ1) is 7.78. The lowest BCUT2D eigenvalue weighted by Crippen LogP contribution is -2.13. The fourth-order valence-electron chi connectivity index (χ4n) is 1.53. The maximum Gasteiger partial charge on any atom is 0.259 e. The Morgan fingerprint density at radius 3 is 2.65 bits per heavy atom. The van der Waals surface area contributed by atoms with E-state index in [0.717, 1.165) is 10.4 Å². The lowest BCUT2D eigenvalue weighted by atomic mass is 10.2. The predicted octanol–water partition coefficient (Wildman–Crippen LogP) is 1.67. The topological polar surface area (TPSA) is 79.9 Å². The molecule has 0 fully saturated rings. The Balaban J connectivity index is 2.69. The van der Waals surface area contributed by atoms with Crippen LogP contribution in [0.4, 0.5) is 0 Å². The summed E-state index contributed by atoms with van der Waals surface area (Å²) in [7, 11) is 1.40. The van der Waals surface area contributed by atoms with Crippen molar-refractivity contribution in [3.63, 3.8) is 0 Å². The molecule has 2 aromatic heterocycles. The molecule has 5 nitrogen and oxygen atoms in total. The van der Waals surface area contributed by atoms with E-state index >= 15 is 0 Å². The van der Waals surface area contributed by atoms with Gasteiger partial charge in [-0.1, -0.05) is 0 Å². The van der Waals surface area contributed by atoms with E-state index in [2.05, 4.69) is 9.97 Å². The first-order valence-electron chi connectivity index (χ1n) is 4.69. The molecule has 0 aliphatic heterocycles. The molecule has 0 aliphatic carbocycles. The molecule has 92 valence electrons. The molecule has 8 heteroatoms. The summed E-state index contributed by atoms with van der Waals surface area (Å²) in [5.41, 5.74) is 0.547. The van der Waals surface area contributed by atoms with Gasteiger partial charge in [0, 0.05) is 15.6 Å². The van der Waals surface area contributed by atoms with Crippen molar-refractivity contribution in [2.45, 2.75) is 19.6 Å². The molecule has 0 saturated carbocycles. The van der Waals surface area contributed by atoms with Crippen LogP contribution in [0.25, 0.3) is 10.2 Å². The molecular formula is C9H9ClN2O3S2. The summed E-state index contributed by atoms with van der Waals surface area (Å²) in [5.74, 6) is -0.408. The van der Waals surface area contributed by atoms with Crippen LogP contribution in [0.2, 0.25) is 0 Å². The molecule has 2 heterocycles. The summed E-state index contributed by atoms with van der Waals surface area (Å²) >= 11 is 1.36. The molecule has 0 unspecified atom stereocenters. The Hall–Kier alpha value is -0.920. The third kappa shape index (κ3) is 2.51. The minimum atomic E-state index is -3.72. The number of nitrogens with one attached hydrogen (secondary N) is 1. The van der Waals surface area contributed by atoms with E-state index in [-0.39, 0.29) is 11.4 Å². The van der Waals surface area contributed by atoms with E-state index in [0.29, 0.717) is 10.2 Å². The number of fused-ring (bicyclic) bond motifs is 1. The first-order valence-corrected chi connectivity index (χ1v) is 7.98. The predicted molar refractivity (Wildman–Crippen MR) is 68.2 cm³/mol. The number of aromatic amines is 1. The van der Waals surface area contributed by atoms with Crippen molar-refractivity contribution < 1.29 is 8.42 Å². The molecule has 0 saturated heterocycles. The SMILES string of the molecule is Cc1sc2nc(CS(=O)(=O)Cl)[nH]c(=O)c2c1C. The van der Waals surface area contributed by atoms with Gasteiger partial charge in [-0.3, -0.25) is 4.79 Å². The van der Waals surface area contributed by atoms with Crippen LogP contribution in [0, 0.1) is 13.8 Å². The van der Waals surface area contributed by atoms with E-state index in [1.165, 1.54) is 11.3 Å². The third-order valence-corrected chi connectivity index (χ3v) is 4.44. The maximum absolute atomic E-state index is 11.8. The number of halogens is 1. The molecule has 0 radical (unpaired) electrons. The van der Waals surface area contributed by atoms with Crippen LogP contribution in [0.3, 0.4) is 0 Å². The minimum absolute atomic E-state index is 0.0683. The molecule has 0 amide bonds. The van der Waals surface area contributed by atoms with E-state index in [1.54, 1.807) is 0 Å². The lowest BCUT2D eigenvalue weighted by Gasteiger charge is -1.97. The van der Waals surface area contributed by atoms with Crippen LogP contribution < -0.4 is 5.56 Å². The van der Waals surface area contributed by atoms with Crippen LogP contribution in [-0.4, -0.2) is 18.4 Å². The van der Waals surface area contributed by atoms with Crippen molar-refractivity contribution >= 4 is 41.3 Å². The van der Waals surface area contributed by atoms with Gasteiger partial charge < -0.3 is 4.98 Å². The second kappa shape index (κ2) is 4.08. The smallest absolute Gasteiger partial charge is 0.259 e. The zero-order chi connectivity index (χ0) is 12.8. The maximum atomic E-state index is 11.8. The number of nitrogens with zero attached hydrogens (tertiary/aromatic N) is 1. The number of H-pyrrole nitrogens is 1. The highest BCUT2D eigenvalue weighted by atomic mass is 35.7. The molecule has 2 rings (SSSR count). The number of rotatable bonds is 2. The molecule has 1 N–H and O–H groups in total. The van der Waals surface area contributed by atoms with Gasteiger partial charge in [0.25, 0.3) is 5.56 Å². The Morgan fingerprint density at radius 1 is 1.41 bits per heavy atom. The minimum Gasteiger partial charge on any atom is -0.309 e. The van der Waals surface area contributed by atoms with Gasteiger partial charge in [0.05, 0.1) is 5.39 Å². The largest absolute Gasteiger partial charge is 0.309 e. The lowest BCUT2D eigenvalue weighted by molar-refractivity contribution is 0.607. The first kappa shape index (κ1) is 12.5. The van der Waals surface area contributed by atoms with Gasteiger partial charge >= 0.3 is 0 Å². The molecular weight excluding hydrogens is 284 g/mol. The fraction of sp³-hybridized carbons (Fsp3) is 0.333. The van der Waals surface area contributed by atoms with Gasteiger partial charge in [0.1, 0.15) is 16.4 Å². The van der Waals surface area contributed by atoms with Crippen molar-refractivity contribution in [2.24, 2.45) is 0 Å². The summed E-state index contributed by atoms with van der Waals surface area (Å²) in [6.45, 7) is 3.72. The van der Waals surface area contributed by atoms with Crippen molar-refractivity contribution in [3.8, 4) is 0 Å². The van der Waals surface area contributed by atoms with Gasteiger partial charge in [-0.15, -0.1) is 11.3 Å².